The van der Waals surface area contributed by atoms with Gasteiger partial charge in [-0.1, -0.05) is 12.8 Å². The molecule has 160 valence electrons. The predicted octanol–water partition coefficient (Wildman–Crippen LogP) is 0.932. The first kappa shape index (κ1) is 21.5. The molecule has 29 heavy (non-hydrogen) atoms. The van der Waals surface area contributed by atoms with Gasteiger partial charge < -0.3 is 19.5 Å². The van der Waals surface area contributed by atoms with Crippen molar-refractivity contribution in [2.45, 2.75) is 36.6 Å². The van der Waals surface area contributed by atoms with Crippen molar-refractivity contribution in [3.05, 3.63) is 23.8 Å². The lowest BCUT2D eigenvalue weighted by atomic mass is 10.2. The zero-order chi connectivity index (χ0) is 20.9. The number of nitrogens with one attached hydrogen (secondary N) is 1. The van der Waals surface area contributed by atoms with Gasteiger partial charge in [0.25, 0.3) is 5.91 Å². The highest BCUT2D eigenvalue weighted by Gasteiger charge is 2.30. The van der Waals surface area contributed by atoms with Gasteiger partial charge in [0.2, 0.25) is 10.0 Å². The summed E-state index contributed by atoms with van der Waals surface area (Å²) < 4.78 is 42.7. The summed E-state index contributed by atoms with van der Waals surface area (Å²) in [5.74, 6) is -1.00. The Morgan fingerprint density at radius 3 is 2.55 bits per heavy atom. The van der Waals surface area contributed by atoms with Crippen LogP contribution < -0.4 is 10.1 Å². The molecule has 2 fully saturated rings. The Kier molecular flexibility index (Phi) is 7.09. The third-order valence-electron chi connectivity index (χ3n) is 5.04. The molecular formula is C19H26N2O7S. The molecule has 1 saturated heterocycles. The van der Waals surface area contributed by atoms with Gasteiger partial charge in [-0.05, 0) is 31.0 Å². The molecule has 9 nitrogen and oxygen atoms in total. The van der Waals surface area contributed by atoms with Crippen LogP contribution >= 0.6 is 0 Å². The number of benzene rings is 1. The fourth-order valence-electron chi connectivity index (χ4n) is 3.49. The molecule has 1 heterocycles. The van der Waals surface area contributed by atoms with Crippen molar-refractivity contribution in [2.24, 2.45) is 0 Å². The van der Waals surface area contributed by atoms with Gasteiger partial charge in [-0.25, -0.2) is 13.2 Å². The van der Waals surface area contributed by atoms with E-state index >= 15 is 0 Å². The van der Waals surface area contributed by atoms with E-state index in [-0.39, 0.29) is 41.2 Å². The highest BCUT2D eigenvalue weighted by molar-refractivity contribution is 7.89. The Bertz CT molecular complexity index is 844. The van der Waals surface area contributed by atoms with Crippen LogP contribution in [0.25, 0.3) is 0 Å². The maximum absolute atomic E-state index is 13.0. The first-order valence-electron chi connectivity index (χ1n) is 9.64. The SMILES string of the molecule is COc1ccc(C(=O)OCC(=O)NC2CCCC2)cc1S(=O)(=O)N1CCOCC1. The van der Waals surface area contributed by atoms with E-state index in [1.54, 1.807) is 0 Å². The molecule has 0 radical (unpaired) electrons. The summed E-state index contributed by atoms with van der Waals surface area (Å²) in [6.07, 6.45) is 4.02. The maximum atomic E-state index is 13.0. The van der Waals surface area contributed by atoms with Crippen molar-refractivity contribution in [3.63, 3.8) is 0 Å². The van der Waals surface area contributed by atoms with Crippen LogP contribution in [0.15, 0.2) is 23.1 Å². The molecule has 3 rings (SSSR count). The van der Waals surface area contributed by atoms with E-state index in [9.17, 15) is 18.0 Å². The van der Waals surface area contributed by atoms with Crippen LogP contribution in [0.1, 0.15) is 36.0 Å². The molecule has 10 heteroatoms. The number of sulfonamides is 1. The van der Waals surface area contributed by atoms with Gasteiger partial charge >= 0.3 is 5.97 Å². The zero-order valence-corrected chi connectivity index (χ0v) is 17.2. The number of rotatable bonds is 7. The third kappa shape index (κ3) is 5.26. The Balaban J connectivity index is 1.70. The summed E-state index contributed by atoms with van der Waals surface area (Å²) in [6, 6.07) is 4.17. The average Bonchev–Trinajstić information content (AvgIpc) is 3.25. The van der Waals surface area contributed by atoms with Crippen molar-refractivity contribution in [2.75, 3.05) is 40.0 Å². The van der Waals surface area contributed by atoms with Crippen LogP contribution in [0.2, 0.25) is 0 Å². The Morgan fingerprint density at radius 2 is 1.90 bits per heavy atom. The Morgan fingerprint density at radius 1 is 1.21 bits per heavy atom. The van der Waals surface area contributed by atoms with E-state index in [4.69, 9.17) is 14.2 Å². The van der Waals surface area contributed by atoms with Gasteiger partial charge in [-0.2, -0.15) is 4.31 Å². The lowest BCUT2D eigenvalue weighted by molar-refractivity contribution is -0.124. The second-order valence-corrected chi connectivity index (χ2v) is 8.91. The molecule has 0 bridgehead atoms. The number of amides is 1. The van der Waals surface area contributed by atoms with Gasteiger partial charge in [-0.3, -0.25) is 4.79 Å². The van der Waals surface area contributed by atoms with Crippen molar-refractivity contribution in [3.8, 4) is 5.75 Å². The molecule has 1 aliphatic carbocycles. The number of esters is 1. The third-order valence-corrected chi connectivity index (χ3v) is 6.96. The fraction of sp³-hybridized carbons (Fsp3) is 0.579. The Labute approximate surface area is 170 Å². The van der Waals surface area contributed by atoms with Gasteiger partial charge in [0, 0.05) is 19.1 Å². The summed E-state index contributed by atoms with van der Waals surface area (Å²) in [7, 11) is -2.51. The average molecular weight is 426 g/mol. The zero-order valence-electron chi connectivity index (χ0n) is 16.4. The van der Waals surface area contributed by atoms with Crippen LogP contribution in [0.3, 0.4) is 0 Å². The molecule has 1 aromatic rings. The number of ether oxygens (including phenoxy) is 3. The highest BCUT2D eigenvalue weighted by atomic mass is 32.2. The highest BCUT2D eigenvalue weighted by Crippen LogP contribution is 2.28. The van der Waals surface area contributed by atoms with Crippen LogP contribution in [-0.4, -0.2) is 70.7 Å². The van der Waals surface area contributed by atoms with E-state index < -0.39 is 22.6 Å². The first-order chi connectivity index (χ1) is 13.9. The monoisotopic (exact) mass is 426 g/mol. The number of hydrogen-bond donors (Lipinski definition) is 1. The number of nitrogens with zero attached hydrogens (tertiary/aromatic N) is 1. The lowest BCUT2D eigenvalue weighted by Crippen LogP contribution is -2.40. The van der Waals surface area contributed by atoms with E-state index in [1.165, 1.54) is 29.6 Å². The van der Waals surface area contributed by atoms with Crippen LogP contribution in [0.4, 0.5) is 0 Å². The minimum Gasteiger partial charge on any atom is -0.495 e. The molecule has 0 spiro atoms. The quantitative estimate of drug-likeness (QED) is 0.646. The topological polar surface area (TPSA) is 111 Å². The minimum absolute atomic E-state index is 0.0336. The molecule has 1 aliphatic heterocycles. The van der Waals surface area contributed by atoms with Crippen molar-refractivity contribution in [1.29, 1.82) is 0 Å². The normalized spacial score (nSPS) is 18.4. The van der Waals surface area contributed by atoms with Gasteiger partial charge in [0.15, 0.2) is 6.61 Å². The molecule has 0 aromatic heterocycles. The number of methoxy groups -OCH3 is 1. The second kappa shape index (κ2) is 9.55. The minimum atomic E-state index is -3.87. The van der Waals surface area contributed by atoms with E-state index in [0.717, 1.165) is 25.7 Å². The van der Waals surface area contributed by atoms with Gasteiger partial charge in [0.05, 0.1) is 25.9 Å². The largest absolute Gasteiger partial charge is 0.495 e. The molecular weight excluding hydrogens is 400 g/mol. The molecule has 2 aliphatic rings. The molecule has 1 saturated carbocycles. The van der Waals surface area contributed by atoms with Gasteiger partial charge in [0.1, 0.15) is 10.6 Å². The molecule has 0 unspecified atom stereocenters. The Hall–Kier alpha value is -2.17. The van der Waals surface area contributed by atoms with E-state index in [1.807, 2.05) is 0 Å². The second-order valence-electron chi connectivity index (χ2n) is 7.01. The summed E-state index contributed by atoms with van der Waals surface area (Å²) in [4.78, 5) is 24.2. The van der Waals surface area contributed by atoms with Gasteiger partial charge in [-0.15, -0.1) is 0 Å². The van der Waals surface area contributed by atoms with Crippen LogP contribution in [0, 0.1) is 0 Å². The van der Waals surface area contributed by atoms with Crippen LogP contribution in [-0.2, 0) is 24.3 Å². The number of carbonyl (C=O) groups is 2. The summed E-state index contributed by atoms with van der Waals surface area (Å²) in [5.41, 5.74) is 0.0336. The summed E-state index contributed by atoms with van der Waals surface area (Å²) in [6.45, 7) is 0.647. The molecule has 0 atom stereocenters. The lowest BCUT2D eigenvalue weighted by Gasteiger charge is -2.26. The number of morpholine rings is 1. The standard InChI is InChI=1S/C19H26N2O7S/c1-26-16-7-6-14(12-17(16)29(24,25)21-8-10-27-11-9-21)19(23)28-13-18(22)20-15-4-2-3-5-15/h6-7,12,15H,2-5,8-11,13H2,1H3,(H,20,22). The molecule has 1 amide bonds. The van der Waals surface area contributed by atoms with Crippen LogP contribution in [0.5, 0.6) is 5.75 Å². The van der Waals surface area contributed by atoms with E-state index in [0.29, 0.717) is 13.2 Å². The fourth-order valence-corrected chi connectivity index (χ4v) is 5.07. The van der Waals surface area contributed by atoms with Crippen molar-refractivity contribution >= 4 is 21.9 Å². The summed E-state index contributed by atoms with van der Waals surface area (Å²) >= 11 is 0. The maximum Gasteiger partial charge on any atom is 0.338 e. The first-order valence-corrected chi connectivity index (χ1v) is 11.1. The molecule has 1 N–H and O–H groups in total. The smallest absolute Gasteiger partial charge is 0.338 e. The predicted molar refractivity (Wildman–Crippen MR) is 103 cm³/mol. The van der Waals surface area contributed by atoms with Crippen molar-refractivity contribution in [1.82, 2.24) is 9.62 Å². The number of carbonyl (C=O) groups excluding carboxylic acids is 2. The molecule has 1 aromatic carbocycles. The summed E-state index contributed by atoms with van der Waals surface area (Å²) in [5, 5.41) is 2.83. The number of hydrogen-bond acceptors (Lipinski definition) is 7. The van der Waals surface area contributed by atoms with Crippen molar-refractivity contribution < 1.29 is 32.2 Å². The van der Waals surface area contributed by atoms with E-state index in [2.05, 4.69) is 5.32 Å².